The SMILES string of the molecule is Cc1c(OCc2cccc(-c3ccc(C(=O)O)cc3)c2)cc2c(c1C)C[C@H](C1CCCC1)C2=O. The maximum atomic E-state index is 13.2. The number of carboxylic acids is 1. The Labute approximate surface area is 200 Å². The third-order valence-electron chi connectivity index (χ3n) is 7.77. The summed E-state index contributed by atoms with van der Waals surface area (Å²) in [5, 5.41) is 9.12. The van der Waals surface area contributed by atoms with Gasteiger partial charge in [0.1, 0.15) is 12.4 Å². The van der Waals surface area contributed by atoms with Gasteiger partial charge in [-0.1, -0.05) is 43.2 Å². The van der Waals surface area contributed by atoms with E-state index in [1.165, 1.54) is 36.8 Å². The number of fused-ring (bicyclic) bond motifs is 1. The third kappa shape index (κ3) is 4.13. The highest BCUT2D eigenvalue weighted by atomic mass is 16.5. The number of hydrogen-bond donors (Lipinski definition) is 1. The Kier molecular flexibility index (Phi) is 5.99. The Morgan fingerprint density at radius 2 is 1.71 bits per heavy atom. The minimum Gasteiger partial charge on any atom is -0.489 e. The van der Waals surface area contributed by atoms with Gasteiger partial charge >= 0.3 is 5.97 Å². The molecule has 4 nitrogen and oxygen atoms in total. The van der Waals surface area contributed by atoms with Crippen molar-refractivity contribution in [2.45, 2.75) is 52.6 Å². The molecular formula is C30H30O4. The Bertz CT molecular complexity index is 1250. The van der Waals surface area contributed by atoms with Crippen molar-refractivity contribution in [1.82, 2.24) is 0 Å². The number of carbonyl (C=O) groups excluding carboxylic acids is 1. The van der Waals surface area contributed by atoms with Crippen LogP contribution in [-0.2, 0) is 13.0 Å². The normalized spacial score (nSPS) is 17.7. The second kappa shape index (κ2) is 9.09. The number of Topliss-reactive ketones (excluding diaryl/α,β-unsaturated/α-hetero) is 1. The summed E-state index contributed by atoms with van der Waals surface area (Å²) in [6, 6.07) is 16.9. The van der Waals surface area contributed by atoms with E-state index in [1.807, 2.05) is 36.4 Å². The Morgan fingerprint density at radius 1 is 0.971 bits per heavy atom. The van der Waals surface area contributed by atoms with E-state index in [4.69, 9.17) is 9.84 Å². The van der Waals surface area contributed by atoms with Crippen LogP contribution < -0.4 is 4.74 Å². The highest BCUT2D eigenvalue weighted by Crippen LogP contribution is 2.43. The molecule has 3 aromatic rings. The molecule has 2 aliphatic carbocycles. The molecule has 34 heavy (non-hydrogen) atoms. The van der Waals surface area contributed by atoms with Crippen LogP contribution in [0.5, 0.6) is 5.75 Å². The molecule has 1 N–H and O–H groups in total. The lowest BCUT2D eigenvalue weighted by Gasteiger charge is -2.15. The van der Waals surface area contributed by atoms with Gasteiger partial charge in [0.25, 0.3) is 0 Å². The van der Waals surface area contributed by atoms with Gasteiger partial charge in [-0.15, -0.1) is 0 Å². The van der Waals surface area contributed by atoms with Crippen LogP contribution in [-0.4, -0.2) is 16.9 Å². The van der Waals surface area contributed by atoms with Crippen LogP contribution in [0.1, 0.15) is 68.7 Å². The number of ketones is 1. The minimum absolute atomic E-state index is 0.148. The molecule has 3 aromatic carbocycles. The first-order chi connectivity index (χ1) is 16.4. The molecule has 4 heteroatoms. The predicted octanol–water partition coefficient (Wildman–Crippen LogP) is 6.79. The van der Waals surface area contributed by atoms with Crippen molar-refractivity contribution in [3.05, 3.63) is 88.0 Å². The fourth-order valence-electron chi connectivity index (χ4n) is 5.63. The van der Waals surface area contributed by atoms with Gasteiger partial charge in [-0.2, -0.15) is 0 Å². The van der Waals surface area contributed by atoms with Crippen LogP contribution in [0.2, 0.25) is 0 Å². The number of aromatic carboxylic acids is 1. The Hall–Kier alpha value is -3.40. The smallest absolute Gasteiger partial charge is 0.335 e. The second-order valence-corrected chi connectivity index (χ2v) is 9.74. The zero-order valence-electron chi connectivity index (χ0n) is 19.8. The zero-order valence-corrected chi connectivity index (χ0v) is 19.8. The topological polar surface area (TPSA) is 63.6 Å². The molecule has 0 amide bonds. The first kappa shape index (κ1) is 22.4. The van der Waals surface area contributed by atoms with E-state index >= 15 is 0 Å². The molecule has 174 valence electrons. The standard InChI is InChI=1S/C30H30O4/c1-18-19(2)28(16-27-25(18)15-26(29(27)31)22-7-3-4-8-22)34-17-20-6-5-9-24(14-20)21-10-12-23(13-11-21)30(32)33/h5-6,9-14,16,22,26H,3-4,7-8,15,17H2,1-2H3,(H,32,33)/t26-/m1/s1. The predicted molar refractivity (Wildman–Crippen MR) is 133 cm³/mol. The summed E-state index contributed by atoms with van der Waals surface area (Å²) in [5.74, 6) is 0.850. The van der Waals surface area contributed by atoms with Crippen LogP contribution in [0.3, 0.4) is 0 Å². The van der Waals surface area contributed by atoms with Crippen LogP contribution in [0, 0.1) is 25.7 Å². The molecule has 0 bridgehead atoms. The molecule has 1 atom stereocenters. The third-order valence-corrected chi connectivity index (χ3v) is 7.77. The minimum atomic E-state index is -0.929. The molecule has 1 saturated carbocycles. The number of rotatable bonds is 6. The summed E-state index contributed by atoms with van der Waals surface area (Å²) >= 11 is 0. The van der Waals surface area contributed by atoms with E-state index in [-0.39, 0.29) is 11.5 Å². The molecule has 0 spiro atoms. The van der Waals surface area contributed by atoms with Gasteiger partial charge in [-0.3, -0.25) is 4.79 Å². The fourth-order valence-corrected chi connectivity index (χ4v) is 5.63. The van der Waals surface area contributed by atoms with Crippen molar-refractivity contribution in [2.24, 2.45) is 11.8 Å². The lowest BCUT2D eigenvalue weighted by Crippen LogP contribution is -2.18. The van der Waals surface area contributed by atoms with E-state index in [0.29, 0.717) is 18.3 Å². The number of carbonyl (C=O) groups is 2. The summed E-state index contributed by atoms with van der Waals surface area (Å²) in [7, 11) is 0. The van der Waals surface area contributed by atoms with E-state index in [1.54, 1.807) is 12.1 Å². The lowest BCUT2D eigenvalue weighted by molar-refractivity contribution is 0.0696. The maximum absolute atomic E-state index is 13.2. The molecule has 0 radical (unpaired) electrons. The Morgan fingerprint density at radius 3 is 2.41 bits per heavy atom. The zero-order chi connectivity index (χ0) is 23.8. The van der Waals surface area contributed by atoms with Crippen molar-refractivity contribution in [2.75, 3.05) is 0 Å². The van der Waals surface area contributed by atoms with Gasteiger partial charge in [0.2, 0.25) is 0 Å². The monoisotopic (exact) mass is 454 g/mol. The van der Waals surface area contributed by atoms with Crippen LogP contribution in [0.4, 0.5) is 0 Å². The number of hydrogen-bond acceptors (Lipinski definition) is 3. The largest absolute Gasteiger partial charge is 0.489 e. The van der Waals surface area contributed by atoms with E-state index in [9.17, 15) is 9.59 Å². The van der Waals surface area contributed by atoms with Crippen molar-refractivity contribution >= 4 is 11.8 Å². The van der Waals surface area contributed by atoms with Crippen molar-refractivity contribution < 1.29 is 19.4 Å². The average Bonchev–Trinajstić information content (AvgIpc) is 3.49. The first-order valence-electron chi connectivity index (χ1n) is 12.1. The number of ether oxygens (including phenoxy) is 1. The van der Waals surface area contributed by atoms with Gasteiger partial charge in [0, 0.05) is 11.5 Å². The van der Waals surface area contributed by atoms with Gasteiger partial charge < -0.3 is 9.84 Å². The molecular weight excluding hydrogens is 424 g/mol. The summed E-state index contributed by atoms with van der Waals surface area (Å²) in [4.78, 5) is 24.4. The van der Waals surface area contributed by atoms with Gasteiger partial charge in [0.05, 0.1) is 5.56 Å². The molecule has 2 aliphatic rings. The van der Waals surface area contributed by atoms with Gasteiger partial charge in [-0.25, -0.2) is 4.79 Å². The molecule has 0 aliphatic heterocycles. The highest BCUT2D eigenvalue weighted by molar-refractivity contribution is 6.03. The maximum Gasteiger partial charge on any atom is 0.335 e. The van der Waals surface area contributed by atoms with E-state index in [0.717, 1.165) is 40.0 Å². The van der Waals surface area contributed by atoms with Gasteiger partial charge in [0.15, 0.2) is 5.78 Å². The second-order valence-electron chi connectivity index (χ2n) is 9.74. The molecule has 0 saturated heterocycles. The Balaban J connectivity index is 1.34. The average molecular weight is 455 g/mol. The first-order valence-corrected chi connectivity index (χ1v) is 12.1. The van der Waals surface area contributed by atoms with E-state index < -0.39 is 5.97 Å². The molecule has 0 unspecified atom stereocenters. The van der Waals surface area contributed by atoms with Crippen molar-refractivity contribution in [1.29, 1.82) is 0 Å². The summed E-state index contributed by atoms with van der Waals surface area (Å²) < 4.78 is 6.25. The number of carboxylic acid groups (broad SMARTS) is 1. The van der Waals surface area contributed by atoms with Crippen molar-refractivity contribution in [3.8, 4) is 16.9 Å². The lowest BCUT2D eigenvalue weighted by atomic mass is 9.87. The molecule has 1 fully saturated rings. The molecule has 5 rings (SSSR count). The summed E-state index contributed by atoms with van der Waals surface area (Å²) in [5.41, 5.74) is 7.64. The summed E-state index contributed by atoms with van der Waals surface area (Å²) in [6.07, 6.45) is 5.75. The number of benzene rings is 3. The summed E-state index contributed by atoms with van der Waals surface area (Å²) in [6.45, 7) is 4.60. The van der Waals surface area contributed by atoms with Crippen LogP contribution in [0.25, 0.3) is 11.1 Å². The van der Waals surface area contributed by atoms with Gasteiger partial charge in [-0.05, 0) is 96.7 Å². The van der Waals surface area contributed by atoms with Crippen LogP contribution >= 0.6 is 0 Å². The van der Waals surface area contributed by atoms with Crippen LogP contribution in [0.15, 0.2) is 54.6 Å². The quantitative estimate of drug-likeness (QED) is 0.445. The van der Waals surface area contributed by atoms with Crippen molar-refractivity contribution in [3.63, 3.8) is 0 Å². The molecule has 0 heterocycles. The highest BCUT2D eigenvalue weighted by Gasteiger charge is 2.38. The van der Waals surface area contributed by atoms with E-state index in [2.05, 4.69) is 19.9 Å². The fraction of sp³-hybridized carbons (Fsp3) is 0.333. The molecule has 0 aromatic heterocycles.